The van der Waals surface area contributed by atoms with Crippen LogP contribution in [0.4, 0.5) is 5.69 Å². The molecule has 0 aliphatic heterocycles. The van der Waals surface area contributed by atoms with Gasteiger partial charge in [0.1, 0.15) is 10.9 Å². The maximum absolute atomic E-state index is 10.8. The fourth-order valence-electron chi connectivity index (χ4n) is 1.32. The summed E-state index contributed by atoms with van der Waals surface area (Å²) in [6.07, 6.45) is 0. The van der Waals surface area contributed by atoms with E-state index in [2.05, 4.69) is 10.2 Å². The first-order valence-corrected chi connectivity index (χ1v) is 5.24. The third-order valence-corrected chi connectivity index (χ3v) is 2.30. The van der Waals surface area contributed by atoms with E-state index >= 15 is 0 Å². The molecule has 1 aromatic heterocycles. The maximum atomic E-state index is 10.8. The molecule has 0 bridgehead atoms. The molecule has 17 heavy (non-hydrogen) atoms. The number of nitro groups is 1. The monoisotopic (exact) mass is 253 g/mol. The number of benzene rings is 1. The summed E-state index contributed by atoms with van der Waals surface area (Å²) in [4.78, 5) is 10.3. The molecule has 0 radical (unpaired) electrons. The van der Waals surface area contributed by atoms with E-state index in [1.807, 2.05) is 0 Å². The number of hydrogen-bond acceptors (Lipinski definition) is 5. The fourth-order valence-corrected chi connectivity index (χ4v) is 1.41. The Morgan fingerprint density at radius 2 is 2.12 bits per heavy atom. The second-order valence-electron chi connectivity index (χ2n) is 3.34. The maximum Gasteiger partial charge on any atom is 0.282 e. The predicted molar refractivity (Wildman–Crippen MR) is 60.7 cm³/mol. The van der Waals surface area contributed by atoms with Crippen molar-refractivity contribution in [3.8, 4) is 11.5 Å². The third-order valence-electron chi connectivity index (χ3n) is 2.11. The van der Waals surface area contributed by atoms with E-state index < -0.39 is 10.3 Å². The lowest BCUT2D eigenvalue weighted by molar-refractivity contribution is -0.384. The molecule has 0 saturated heterocycles. The van der Waals surface area contributed by atoms with Crippen molar-refractivity contribution in [3.05, 3.63) is 40.3 Å². The highest BCUT2D eigenvalue weighted by Gasteiger charge is 2.20. The molecule has 0 aliphatic rings. The van der Waals surface area contributed by atoms with Gasteiger partial charge >= 0.3 is 0 Å². The van der Waals surface area contributed by atoms with Gasteiger partial charge in [0.25, 0.3) is 11.6 Å². The normalized spacial score (nSPS) is 12.4. The van der Waals surface area contributed by atoms with Crippen molar-refractivity contribution >= 4 is 17.3 Å². The quantitative estimate of drug-likeness (QED) is 0.477. The molecule has 1 atom stereocenters. The average molecular weight is 254 g/mol. The Labute approximate surface area is 101 Å². The zero-order valence-corrected chi connectivity index (χ0v) is 9.59. The van der Waals surface area contributed by atoms with Gasteiger partial charge in [0, 0.05) is 6.07 Å². The van der Waals surface area contributed by atoms with Crippen molar-refractivity contribution in [1.29, 1.82) is 0 Å². The fraction of sp³-hybridized carbons (Fsp3) is 0.200. The second kappa shape index (κ2) is 4.50. The van der Waals surface area contributed by atoms with Crippen molar-refractivity contribution < 1.29 is 9.34 Å². The molecular formula is C10H8ClN3O3. The van der Waals surface area contributed by atoms with Crippen LogP contribution in [0.5, 0.6) is 0 Å². The number of nitro benzene ring substituents is 1. The summed E-state index contributed by atoms with van der Waals surface area (Å²) >= 11 is 5.78. The molecule has 6 nitrogen and oxygen atoms in total. The van der Waals surface area contributed by atoms with Gasteiger partial charge in [-0.15, -0.1) is 21.8 Å². The molecule has 0 amide bonds. The summed E-state index contributed by atoms with van der Waals surface area (Å²) in [5, 5.41) is 17.9. The highest BCUT2D eigenvalue weighted by atomic mass is 35.5. The number of nitrogens with zero attached hydrogens (tertiary/aromatic N) is 3. The number of hydrogen-bond donors (Lipinski definition) is 0. The molecule has 0 fully saturated rings. The SMILES string of the molecule is CC(Cl)c1nnc(-c2ccccc2[N+](=O)[O-])o1. The molecule has 1 heterocycles. The summed E-state index contributed by atoms with van der Waals surface area (Å²) in [7, 11) is 0. The van der Waals surface area contributed by atoms with E-state index in [-0.39, 0.29) is 23.0 Å². The van der Waals surface area contributed by atoms with Gasteiger partial charge < -0.3 is 4.42 Å². The van der Waals surface area contributed by atoms with E-state index in [9.17, 15) is 10.1 Å². The summed E-state index contributed by atoms with van der Waals surface area (Å²) < 4.78 is 5.26. The Hall–Kier alpha value is -1.95. The van der Waals surface area contributed by atoms with Crippen molar-refractivity contribution in [1.82, 2.24) is 10.2 Å². The summed E-state index contributed by atoms with van der Waals surface area (Å²) in [5.41, 5.74) is 0.207. The van der Waals surface area contributed by atoms with E-state index in [1.54, 1.807) is 25.1 Å². The lowest BCUT2D eigenvalue weighted by Crippen LogP contribution is -1.91. The molecule has 7 heteroatoms. The molecule has 1 unspecified atom stereocenters. The predicted octanol–water partition coefficient (Wildman–Crippen LogP) is 2.94. The molecule has 0 saturated carbocycles. The van der Waals surface area contributed by atoms with Gasteiger partial charge in [0.2, 0.25) is 5.89 Å². The molecule has 2 aromatic rings. The summed E-state index contributed by atoms with van der Waals surface area (Å²) in [6, 6.07) is 6.16. The molecule has 0 spiro atoms. The highest BCUT2D eigenvalue weighted by molar-refractivity contribution is 6.20. The molecule has 2 rings (SSSR count). The number of halogens is 1. The van der Waals surface area contributed by atoms with Crippen molar-refractivity contribution in [2.24, 2.45) is 0 Å². The largest absolute Gasteiger partial charge is 0.419 e. The van der Waals surface area contributed by atoms with Gasteiger partial charge in [-0.25, -0.2) is 0 Å². The van der Waals surface area contributed by atoms with Crippen LogP contribution in [0.25, 0.3) is 11.5 Å². The summed E-state index contributed by atoms with van der Waals surface area (Å²) in [6.45, 7) is 1.68. The zero-order valence-electron chi connectivity index (χ0n) is 8.83. The Bertz CT molecular complexity index is 553. The van der Waals surface area contributed by atoms with Crippen molar-refractivity contribution in [2.75, 3.05) is 0 Å². The van der Waals surface area contributed by atoms with Gasteiger partial charge in [0.05, 0.1) is 4.92 Å². The van der Waals surface area contributed by atoms with Gasteiger partial charge in [-0.05, 0) is 13.0 Å². The van der Waals surface area contributed by atoms with Crippen LogP contribution in [0.2, 0.25) is 0 Å². The molecular weight excluding hydrogens is 246 g/mol. The van der Waals surface area contributed by atoms with Crippen LogP contribution in [0.1, 0.15) is 18.2 Å². The molecule has 1 aromatic carbocycles. The first kappa shape index (κ1) is 11.5. The van der Waals surface area contributed by atoms with Crippen LogP contribution in [-0.2, 0) is 0 Å². The van der Waals surface area contributed by atoms with Crippen LogP contribution < -0.4 is 0 Å². The first-order valence-electron chi connectivity index (χ1n) is 4.81. The number of aromatic nitrogens is 2. The van der Waals surface area contributed by atoms with Crippen LogP contribution >= 0.6 is 11.6 Å². The van der Waals surface area contributed by atoms with Crippen LogP contribution in [-0.4, -0.2) is 15.1 Å². The zero-order chi connectivity index (χ0) is 12.4. The van der Waals surface area contributed by atoms with Gasteiger partial charge in [-0.1, -0.05) is 12.1 Å². The lowest BCUT2D eigenvalue weighted by Gasteiger charge is -1.97. The van der Waals surface area contributed by atoms with Gasteiger partial charge in [-0.2, -0.15) is 0 Å². The third kappa shape index (κ3) is 2.26. The van der Waals surface area contributed by atoms with E-state index in [0.29, 0.717) is 0 Å². The van der Waals surface area contributed by atoms with Crippen molar-refractivity contribution in [3.63, 3.8) is 0 Å². The van der Waals surface area contributed by atoms with Crippen molar-refractivity contribution in [2.45, 2.75) is 12.3 Å². The smallest absolute Gasteiger partial charge is 0.282 e. The molecule has 0 aliphatic carbocycles. The minimum absolute atomic E-state index is 0.0788. The lowest BCUT2D eigenvalue weighted by atomic mass is 10.2. The Kier molecular flexibility index (Phi) is 3.06. The van der Waals surface area contributed by atoms with Crippen LogP contribution in [0, 0.1) is 10.1 Å². The number of alkyl halides is 1. The first-order chi connectivity index (χ1) is 8.09. The number of rotatable bonds is 3. The van der Waals surface area contributed by atoms with Crippen LogP contribution in [0.15, 0.2) is 28.7 Å². The minimum Gasteiger partial charge on any atom is -0.419 e. The van der Waals surface area contributed by atoms with Gasteiger partial charge in [0.15, 0.2) is 0 Å². The standard InChI is InChI=1S/C10H8ClN3O3/c1-6(11)9-12-13-10(17-9)7-4-2-3-5-8(7)14(15)16/h2-6H,1H3. The minimum atomic E-state index is -0.497. The summed E-state index contributed by atoms with van der Waals surface area (Å²) in [5.74, 6) is 0.333. The van der Waals surface area contributed by atoms with Gasteiger partial charge in [-0.3, -0.25) is 10.1 Å². The second-order valence-corrected chi connectivity index (χ2v) is 3.99. The highest BCUT2D eigenvalue weighted by Crippen LogP contribution is 2.30. The Morgan fingerprint density at radius 3 is 2.71 bits per heavy atom. The van der Waals surface area contributed by atoms with E-state index in [0.717, 1.165) is 0 Å². The molecule has 88 valence electrons. The Morgan fingerprint density at radius 1 is 1.41 bits per heavy atom. The van der Waals surface area contributed by atoms with Crippen LogP contribution in [0.3, 0.4) is 0 Å². The van der Waals surface area contributed by atoms with E-state index in [1.165, 1.54) is 6.07 Å². The Balaban J connectivity index is 2.49. The van der Waals surface area contributed by atoms with E-state index in [4.69, 9.17) is 16.0 Å². The number of para-hydroxylation sites is 1. The average Bonchev–Trinajstić information content (AvgIpc) is 2.78. The topological polar surface area (TPSA) is 82.1 Å². The molecule has 0 N–H and O–H groups in total.